The zero-order valence-electron chi connectivity index (χ0n) is 25.2. The van der Waals surface area contributed by atoms with Crippen LogP contribution in [-0.2, 0) is 6.54 Å². The molecule has 1 aliphatic rings. The summed E-state index contributed by atoms with van der Waals surface area (Å²) >= 11 is 1.83. The Morgan fingerprint density at radius 3 is 2.15 bits per heavy atom. The quantitative estimate of drug-likeness (QED) is 0.122. The Hall–Kier alpha value is -2.25. The Morgan fingerprint density at radius 1 is 0.902 bits per heavy atom. The van der Waals surface area contributed by atoms with Crippen molar-refractivity contribution in [2.24, 2.45) is 0 Å². The number of hydrogen-bond donors (Lipinski definition) is 1. The number of allylic oxidation sites excluding steroid dienone is 1. The van der Waals surface area contributed by atoms with E-state index >= 15 is 0 Å². The fourth-order valence-electron chi connectivity index (χ4n) is 5.03. The summed E-state index contributed by atoms with van der Waals surface area (Å²) in [6, 6.07) is 13.1. The molecule has 0 aromatic heterocycles. The van der Waals surface area contributed by atoms with Crippen LogP contribution in [-0.4, -0.2) is 29.1 Å². The average molecular weight is 646 g/mol. The first-order valence-electron chi connectivity index (χ1n) is 15.2. The van der Waals surface area contributed by atoms with E-state index in [1.54, 1.807) is 18.2 Å². The molecule has 0 atom stereocenters. The van der Waals surface area contributed by atoms with E-state index in [0.29, 0.717) is 29.2 Å². The van der Waals surface area contributed by atoms with Crippen LogP contribution in [0.1, 0.15) is 124 Å². The molecule has 0 aliphatic carbocycles. The number of unbranched alkanes of at least 4 members (excludes halogenated alkanes) is 11. The molecule has 0 saturated heterocycles. The highest BCUT2D eigenvalue weighted by molar-refractivity contribution is 8.93. The van der Waals surface area contributed by atoms with E-state index < -0.39 is 0 Å². The van der Waals surface area contributed by atoms with E-state index in [-0.39, 0.29) is 28.7 Å². The van der Waals surface area contributed by atoms with Crippen molar-refractivity contribution in [3.8, 4) is 5.75 Å². The smallest absolute Gasteiger partial charge is 0.255 e. The minimum atomic E-state index is -0.208. The number of ketones is 1. The van der Waals surface area contributed by atoms with E-state index in [2.05, 4.69) is 30.3 Å². The lowest BCUT2D eigenvalue weighted by Gasteiger charge is -2.17. The van der Waals surface area contributed by atoms with Gasteiger partial charge < -0.3 is 15.0 Å². The molecule has 0 fully saturated rings. The third kappa shape index (κ3) is 12.7. The van der Waals surface area contributed by atoms with Crippen molar-refractivity contribution >= 4 is 46.1 Å². The van der Waals surface area contributed by atoms with Crippen LogP contribution in [0.3, 0.4) is 0 Å². The van der Waals surface area contributed by atoms with Gasteiger partial charge >= 0.3 is 0 Å². The Kier molecular flexibility index (Phi) is 16.9. The normalized spacial score (nSPS) is 12.6. The van der Waals surface area contributed by atoms with Gasteiger partial charge in [0.25, 0.3) is 5.91 Å². The molecule has 0 radical (unpaired) electrons. The monoisotopic (exact) mass is 644 g/mol. The summed E-state index contributed by atoms with van der Waals surface area (Å²) in [6.45, 7) is 7.20. The third-order valence-electron chi connectivity index (χ3n) is 7.28. The zero-order chi connectivity index (χ0) is 28.6. The summed E-state index contributed by atoms with van der Waals surface area (Å²) in [7, 11) is 0. The van der Waals surface area contributed by atoms with Gasteiger partial charge in [-0.3, -0.25) is 9.59 Å². The number of thioether (sulfide) groups is 1. The van der Waals surface area contributed by atoms with Gasteiger partial charge in [0.15, 0.2) is 11.5 Å². The number of anilines is 1. The van der Waals surface area contributed by atoms with Gasteiger partial charge in [0, 0.05) is 18.3 Å². The first kappa shape index (κ1) is 34.9. The number of nitrogens with zero attached hydrogens (tertiary/aromatic N) is 1. The summed E-state index contributed by atoms with van der Waals surface area (Å²) in [4.78, 5) is 29.1. The molecule has 2 aromatic carbocycles. The summed E-state index contributed by atoms with van der Waals surface area (Å²) in [6.07, 6.45) is 17.5. The highest BCUT2D eigenvalue weighted by Crippen LogP contribution is 2.31. The van der Waals surface area contributed by atoms with E-state index in [1.807, 2.05) is 36.0 Å². The van der Waals surface area contributed by atoms with Crippen LogP contribution in [0.4, 0.5) is 5.69 Å². The Labute approximate surface area is 262 Å². The maximum absolute atomic E-state index is 13.2. The molecule has 226 valence electrons. The van der Waals surface area contributed by atoms with Gasteiger partial charge in [-0.2, -0.15) is 0 Å². The van der Waals surface area contributed by atoms with Crippen LogP contribution in [0.2, 0.25) is 0 Å². The number of halogens is 1. The predicted molar refractivity (Wildman–Crippen MR) is 179 cm³/mol. The lowest BCUT2D eigenvalue weighted by atomic mass is 10.1. The Bertz CT molecular complexity index is 1120. The van der Waals surface area contributed by atoms with Crippen molar-refractivity contribution in [2.75, 3.05) is 17.8 Å². The largest absolute Gasteiger partial charge is 0.491 e. The van der Waals surface area contributed by atoms with Crippen molar-refractivity contribution in [1.29, 1.82) is 0 Å². The minimum absolute atomic E-state index is 0. The van der Waals surface area contributed by atoms with Crippen molar-refractivity contribution in [1.82, 2.24) is 4.90 Å². The van der Waals surface area contributed by atoms with Crippen LogP contribution in [0.5, 0.6) is 5.75 Å². The molecule has 2 aromatic rings. The van der Waals surface area contributed by atoms with Crippen molar-refractivity contribution in [2.45, 2.75) is 104 Å². The molecule has 1 N–H and O–H groups in total. The fourth-order valence-corrected chi connectivity index (χ4v) is 5.79. The van der Waals surface area contributed by atoms with Crippen LogP contribution in [0, 0.1) is 0 Å². The van der Waals surface area contributed by atoms with Crippen LogP contribution < -0.4 is 10.1 Å². The number of amides is 1. The first-order chi connectivity index (χ1) is 19.5. The zero-order valence-corrected chi connectivity index (χ0v) is 27.7. The molecule has 1 amide bonds. The van der Waals surface area contributed by atoms with Gasteiger partial charge in [-0.1, -0.05) is 95.8 Å². The number of carbonyl (C=O) groups is 2. The van der Waals surface area contributed by atoms with Crippen molar-refractivity contribution in [3.05, 3.63) is 70.3 Å². The standard InChI is InChI=1S/C34H48N2O3S.BrH/c1-4-5-6-7-8-9-10-11-12-13-14-15-22-39-33-31(28(3)37)20-17-21-32(33)35-34(38)30-19-16-18-29(23-30)25-36-24-27(2)40-26-36;/h16-21,23-24H,4-15,22,25-26H2,1-3H3,(H,35,38);1H. The van der Waals surface area contributed by atoms with Gasteiger partial charge in [0.05, 0.1) is 23.7 Å². The number of Topliss-reactive ketones (excluding diaryl/α,β-unsaturated/α-hetero) is 1. The van der Waals surface area contributed by atoms with E-state index in [9.17, 15) is 9.59 Å². The number of para-hydroxylation sites is 1. The molecular weight excluding hydrogens is 596 g/mol. The second kappa shape index (κ2) is 19.8. The third-order valence-corrected chi connectivity index (χ3v) is 8.31. The van der Waals surface area contributed by atoms with Gasteiger partial charge in [0.1, 0.15) is 0 Å². The molecule has 1 aliphatic heterocycles. The summed E-state index contributed by atoms with van der Waals surface area (Å²) in [5, 5.41) is 3.00. The lowest BCUT2D eigenvalue weighted by Crippen LogP contribution is -2.16. The molecule has 0 saturated carbocycles. The van der Waals surface area contributed by atoms with Gasteiger partial charge in [0.2, 0.25) is 0 Å². The topological polar surface area (TPSA) is 58.6 Å². The van der Waals surface area contributed by atoms with Crippen molar-refractivity contribution in [3.63, 3.8) is 0 Å². The number of ether oxygens (including phenoxy) is 1. The number of carbonyl (C=O) groups excluding carboxylic acids is 2. The van der Waals surface area contributed by atoms with Crippen LogP contribution in [0.15, 0.2) is 53.6 Å². The van der Waals surface area contributed by atoms with Gasteiger partial charge in [-0.15, -0.1) is 28.7 Å². The molecule has 3 rings (SSSR count). The summed E-state index contributed by atoms with van der Waals surface area (Å²) < 4.78 is 6.13. The van der Waals surface area contributed by atoms with Crippen LogP contribution >= 0.6 is 28.7 Å². The number of benzene rings is 2. The number of hydrogen-bond acceptors (Lipinski definition) is 5. The maximum atomic E-state index is 13.2. The van der Waals surface area contributed by atoms with E-state index in [4.69, 9.17) is 4.74 Å². The highest BCUT2D eigenvalue weighted by Gasteiger charge is 2.17. The lowest BCUT2D eigenvalue weighted by molar-refractivity contribution is 0.100. The highest BCUT2D eigenvalue weighted by atomic mass is 79.9. The fraction of sp³-hybridized carbons (Fsp3) is 0.529. The molecule has 0 bridgehead atoms. The molecule has 0 spiro atoms. The Morgan fingerprint density at radius 2 is 1.54 bits per heavy atom. The summed E-state index contributed by atoms with van der Waals surface area (Å²) in [5.74, 6) is 1.12. The predicted octanol–water partition coefficient (Wildman–Crippen LogP) is 10.2. The molecule has 5 nitrogen and oxygen atoms in total. The first-order valence-corrected chi connectivity index (χ1v) is 16.2. The summed E-state index contributed by atoms with van der Waals surface area (Å²) in [5.41, 5.74) is 2.71. The molecule has 7 heteroatoms. The van der Waals surface area contributed by atoms with Gasteiger partial charge in [-0.25, -0.2) is 0 Å². The maximum Gasteiger partial charge on any atom is 0.255 e. The minimum Gasteiger partial charge on any atom is -0.491 e. The van der Waals surface area contributed by atoms with Crippen LogP contribution in [0.25, 0.3) is 0 Å². The van der Waals surface area contributed by atoms with Gasteiger partial charge in [-0.05, 0) is 55.0 Å². The molecule has 41 heavy (non-hydrogen) atoms. The Balaban J connectivity index is 0.00000588. The molecular formula is C34H49BrN2O3S. The molecule has 0 unspecified atom stereocenters. The average Bonchev–Trinajstić information content (AvgIpc) is 3.36. The number of nitrogens with one attached hydrogen (secondary N) is 1. The second-order valence-corrected chi connectivity index (χ2v) is 12.1. The van der Waals surface area contributed by atoms with E-state index in [1.165, 1.54) is 76.0 Å². The SMILES string of the molecule is Br.CCCCCCCCCCCCCCOc1c(NC(=O)c2cccc(CN3C=C(C)SC3)c2)cccc1C(C)=O. The number of rotatable bonds is 19. The van der Waals surface area contributed by atoms with E-state index in [0.717, 1.165) is 30.8 Å². The van der Waals surface area contributed by atoms with Crippen molar-refractivity contribution < 1.29 is 14.3 Å². The second-order valence-electron chi connectivity index (χ2n) is 10.9. The molecule has 1 heterocycles.